The molecule has 0 bridgehead atoms. The van der Waals surface area contributed by atoms with Crippen molar-refractivity contribution < 1.29 is 14.3 Å². The van der Waals surface area contributed by atoms with Gasteiger partial charge in [-0.1, -0.05) is 12.1 Å². The summed E-state index contributed by atoms with van der Waals surface area (Å²) >= 11 is 0. The molecule has 1 rings (SSSR count). The molecule has 0 aliphatic rings. The van der Waals surface area contributed by atoms with Crippen LogP contribution in [0.3, 0.4) is 0 Å². The fourth-order valence-corrected chi connectivity index (χ4v) is 1.46. The van der Waals surface area contributed by atoms with Gasteiger partial charge < -0.3 is 15.4 Å². The third-order valence-electron chi connectivity index (χ3n) is 3.00. The number of benzene rings is 1. The van der Waals surface area contributed by atoms with Crippen LogP contribution < -0.4 is 10.5 Å². The van der Waals surface area contributed by atoms with Crippen LogP contribution in [0.4, 0.5) is 0 Å². The molecule has 0 aliphatic heterocycles. The van der Waals surface area contributed by atoms with Crippen molar-refractivity contribution in [2.75, 3.05) is 20.2 Å². The molecule has 0 spiro atoms. The SMILES string of the molecule is CC(=O)c1cccc(OCC(=O)N(C)C(C)CN)c1. The molecule has 0 aliphatic carbocycles. The Kier molecular flexibility index (Phi) is 5.51. The number of nitrogens with zero attached hydrogens (tertiary/aromatic N) is 1. The van der Waals surface area contributed by atoms with Crippen molar-refractivity contribution in [1.29, 1.82) is 0 Å². The summed E-state index contributed by atoms with van der Waals surface area (Å²) < 4.78 is 5.39. The predicted octanol–water partition coefficient (Wildman–Crippen LogP) is 1.07. The average Bonchev–Trinajstić information content (AvgIpc) is 2.43. The lowest BCUT2D eigenvalue weighted by molar-refractivity contribution is -0.133. The number of hydrogen-bond donors (Lipinski definition) is 1. The first-order valence-corrected chi connectivity index (χ1v) is 6.15. The Hall–Kier alpha value is -1.88. The van der Waals surface area contributed by atoms with Gasteiger partial charge in [0.1, 0.15) is 5.75 Å². The zero-order chi connectivity index (χ0) is 14.4. The summed E-state index contributed by atoms with van der Waals surface area (Å²) in [4.78, 5) is 24.6. The molecule has 104 valence electrons. The fraction of sp³-hybridized carbons (Fsp3) is 0.429. The molecule has 19 heavy (non-hydrogen) atoms. The number of nitrogens with two attached hydrogens (primary N) is 1. The van der Waals surface area contributed by atoms with Gasteiger partial charge in [-0.3, -0.25) is 9.59 Å². The van der Waals surface area contributed by atoms with Crippen molar-refractivity contribution >= 4 is 11.7 Å². The number of rotatable bonds is 6. The quantitative estimate of drug-likeness (QED) is 0.780. The van der Waals surface area contributed by atoms with Crippen molar-refractivity contribution in [3.8, 4) is 5.75 Å². The minimum atomic E-state index is -0.147. The second-order valence-electron chi connectivity index (χ2n) is 4.46. The highest BCUT2D eigenvalue weighted by Gasteiger charge is 2.14. The molecule has 5 nitrogen and oxygen atoms in total. The predicted molar refractivity (Wildman–Crippen MR) is 73.2 cm³/mol. The van der Waals surface area contributed by atoms with Gasteiger partial charge in [0.05, 0.1) is 0 Å². The second-order valence-corrected chi connectivity index (χ2v) is 4.46. The van der Waals surface area contributed by atoms with Gasteiger partial charge in [0.2, 0.25) is 0 Å². The van der Waals surface area contributed by atoms with Crippen LogP contribution in [0.25, 0.3) is 0 Å². The number of ketones is 1. The summed E-state index contributed by atoms with van der Waals surface area (Å²) in [5.41, 5.74) is 6.06. The van der Waals surface area contributed by atoms with Crippen LogP contribution in [-0.4, -0.2) is 42.8 Å². The first-order valence-electron chi connectivity index (χ1n) is 6.15. The smallest absolute Gasteiger partial charge is 0.260 e. The Morgan fingerprint density at radius 2 is 2.11 bits per heavy atom. The zero-order valence-electron chi connectivity index (χ0n) is 11.6. The maximum absolute atomic E-state index is 11.8. The van der Waals surface area contributed by atoms with E-state index in [-0.39, 0.29) is 24.3 Å². The summed E-state index contributed by atoms with van der Waals surface area (Å²) in [6, 6.07) is 6.75. The van der Waals surface area contributed by atoms with Gasteiger partial charge in [-0.2, -0.15) is 0 Å². The number of carbonyl (C=O) groups is 2. The number of amides is 1. The van der Waals surface area contributed by atoms with Crippen LogP contribution in [0.1, 0.15) is 24.2 Å². The molecule has 0 fully saturated rings. The van der Waals surface area contributed by atoms with E-state index in [9.17, 15) is 9.59 Å². The van der Waals surface area contributed by atoms with Crippen LogP contribution in [-0.2, 0) is 4.79 Å². The topological polar surface area (TPSA) is 72.6 Å². The van der Waals surface area contributed by atoms with Gasteiger partial charge in [-0.05, 0) is 26.0 Å². The van der Waals surface area contributed by atoms with Gasteiger partial charge in [-0.15, -0.1) is 0 Å². The van der Waals surface area contributed by atoms with Crippen molar-refractivity contribution in [3.63, 3.8) is 0 Å². The molecular weight excluding hydrogens is 244 g/mol. The molecule has 1 amide bonds. The summed E-state index contributed by atoms with van der Waals surface area (Å²) in [7, 11) is 1.69. The summed E-state index contributed by atoms with van der Waals surface area (Å²) in [6.45, 7) is 3.69. The molecule has 5 heteroatoms. The fourth-order valence-electron chi connectivity index (χ4n) is 1.46. The van der Waals surface area contributed by atoms with E-state index in [1.165, 1.54) is 6.92 Å². The van der Waals surface area contributed by atoms with Gasteiger partial charge in [-0.25, -0.2) is 0 Å². The highest BCUT2D eigenvalue weighted by Crippen LogP contribution is 2.13. The van der Waals surface area contributed by atoms with E-state index in [1.807, 2.05) is 6.92 Å². The number of ether oxygens (including phenoxy) is 1. The lowest BCUT2D eigenvalue weighted by Gasteiger charge is -2.23. The first-order chi connectivity index (χ1) is 8.95. The van der Waals surface area contributed by atoms with Gasteiger partial charge >= 0.3 is 0 Å². The largest absolute Gasteiger partial charge is 0.484 e. The van der Waals surface area contributed by atoms with Crippen LogP contribution in [0, 0.1) is 0 Å². The van der Waals surface area contributed by atoms with E-state index >= 15 is 0 Å². The van der Waals surface area contributed by atoms with Crippen molar-refractivity contribution in [2.24, 2.45) is 5.73 Å². The highest BCUT2D eigenvalue weighted by atomic mass is 16.5. The molecule has 0 saturated carbocycles. The molecule has 1 aromatic rings. The molecule has 1 unspecified atom stereocenters. The lowest BCUT2D eigenvalue weighted by atomic mass is 10.1. The minimum absolute atomic E-state index is 0.0281. The van der Waals surface area contributed by atoms with Crippen molar-refractivity contribution in [3.05, 3.63) is 29.8 Å². The van der Waals surface area contributed by atoms with E-state index in [0.717, 1.165) is 0 Å². The molecule has 0 saturated heterocycles. The van der Waals surface area contributed by atoms with Gasteiger partial charge in [0.15, 0.2) is 12.4 Å². The second kappa shape index (κ2) is 6.89. The molecule has 1 aromatic carbocycles. The molecule has 0 radical (unpaired) electrons. The molecular formula is C14H20N2O3. The Labute approximate surface area is 113 Å². The Balaban J connectivity index is 2.59. The maximum atomic E-state index is 11.8. The summed E-state index contributed by atoms with van der Waals surface area (Å²) in [5, 5.41) is 0. The maximum Gasteiger partial charge on any atom is 0.260 e. The van der Waals surface area contributed by atoms with Crippen LogP contribution in [0.15, 0.2) is 24.3 Å². The molecule has 0 aromatic heterocycles. The number of Topliss-reactive ketones (excluding diaryl/α,β-unsaturated/α-hetero) is 1. The van der Waals surface area contributed by atoms with Crippen LogP contribution in [0.5, 0.6) is 5.75 Å². The van der Waals surface area contributed by atoms with E-state index in [2.05, 4.69) is 0 Å². The normalized spacial score (nSPS) is 11.8. The van der Waals surface area contributed by atoms with E-state index in [1.54, 1.807) is 36.2 Å². The van der Waals surface area contributed by atoms with Gasteiger partial charge in [0, 0.05) is 25.2 Å². The standard InChI is InChI=1S/C14H20N2O3/c1-10(8-15)16(3)14(18)9-19-13-6-4-5-12(7-13)11(2)17/h4-7,10H,8-9,15H2,1-3H3. The van der Waals surface area contributed by atoms with Crippen molar-refractivity contribution in [2.45, 2.75) is 19.9 Å². The summed E-state index contributed by atoms with van der Waals surface area (Å²) in [6.07, 6.45) is 0. The number of carbonyl (C=O) groups excluding carboxylic acids is 2. The third kappa shape index (κ3) is 4.37. The monoisotopic (exact) mass is 264 g/mol. The Morgan fingerprint density at radius 3 is 2.68 bits per heavy atom. The molecule has 1 atom stereocenters. The lowest BCUT2D eigenvalue weighted by Crippen LogP contribution is -2.42. The Bertz CT molecular complexity index is 460. The van der Waals surface area contributed by atoms with E-state index < -0.39 is 0 Å². The van der Waals surface area contributed by atoms with Crippen molar-refractivity contribution in [1.82, 2.24) is 4.90 Å². The number of likely N-dealkylation sites (N-methyl/N-ethyl adjacent to an activating group) is 1. The number of hydrogen-bond acceptors (Lipinski definition) is 4. The first kappa shape index (κ1) is 15.2. The average molecular weight is 264 g/mol. The van der Waals surface area contributed by atoms with Crippen LogP contribution >= 0.6 is 0 Å². The molecule has 2 N–H and O–H groups in total. The zero-order valence-corrected chi connectivity index (χ0v) is 11.6. The third-order valence-corrected chi connectivity index (χ3v) is 3.00. The van der Waals surface area contributed by atoms with Crippen LogP contribution in [0.2, 0.25) is 0 Å². The van der Waals surface area contributed by atoms with Gasteiger partial charge in [0.25, 0.3) is 5.91 Å². The van der Waals surface area contributed by atoms with E-state index in [4.69, 9.17) is 10.5 Å². The summed E-state index contributed by atoms with van der Waals surface area (Å²) in [5.74, 6) is 0.326. The minimum Gasteiger partial charge on any atom is -0.484 e. The highest BCUT2D eigenvalue weighted by molar-refractivity contribution is 5.94. The van der Waals surface area contributed by atoms with E-state index in [0.29, 0.717) is 17.9 Å². The Morgan fingerprint density at radius 1 is 1.42 bits per heavy atom. The molecule has 0 heterocycles.